The quantitative estimate of drug-likeness (QED) is 0.118. The fraction of sp³-hybridized carbons (Fsp3) is 0.667. The Morgan fingerprint density at radius 2 is 1.60 bits per heavy atom. The van der Waals surface area contributed by atoms with Crippen molar-refractivity contribution in [2.24, 2.45) is 0 Å². The van der Waals surface area contributed by atoms with Gasteiger partial charge in [-0.05, 0) is 78.4 Å². The number of imidazole rings is 1. The average molecular weight is 862 g/mol. The molecule has 10 nitrogen and oxygen atoms in total. The van der Waals surface area contributed by atoms with Gasteiger partial charge < -0.3 is 33.1 Å². The fourth-order valence-corrected chi connectivity index (χ4v) is 10.2. The number of aryl methyl sites for hydroxylation is 1. The molecule has 2 saturated heterocycles. The Bertz CT molecular complexity index is 1940. The van der Waals surface area contributed by atoms with Gasteiger partial charge in [0.1, 0.15) is 36.1 Å². The van der Waals surface area contributed by atoms with E-state index in [1.54, 1.807) is 12.1 Å². The molecule has 3 aromatic rings. The van der Waals surface area contributed by atoms with E-state index in [2.05, 4.69) is 98.8 Å². The highest BCUT2D eigenvalue weighted by atomic mass is 35.5. The Labute approximate surface area is 347 Å². The summed E-state index contributed by atoms with van der Waals surface area (Å²) in [5.74, 6) is 0.210. The Balaban J connectivity index is 1.20. The van der Waals surface area contributed by atoms with Crippen LogP contribution in [-0.4, -0.2) is 90.1 Å². The number of halogens is 2. The second-order valence-corrected chi connectivity index (χ2v) is 35.9. The van der Waals surface area contributed by atoms with Crippen molar-refractivity contribution >= 4 is 59.4 Å². The van der Waals surface area contributed by atoms with Crippen LogP contribution in [0.4, 0.5) is 10.2 Å². The van der Waals surface area contributed by atoms with Crippen LogP contribution in [0.15, 0.2) is 24.3 Å². The normalized spacial score (nSPS) is 23.2. The number of anilines is 1. The van der Waals surface area contributed by atoms with E-state index >= 15 is 4.39 Å². The minimum Gasteiger partial charge on any atom is -0.456 e. The topological polar surface area (TPSA) is 98.1 Å². The summed E-state index contributed by atoms with van der Waals surface area (Å²) in [7, 11) is -5.23. The molecular weight excluding hydrogens is 795 g/mol. The van der Waals surface area contributed by atoms with Crippen molar-refractivity contribution in [1.29, 1.82) is 0 Å². The molecule has 2 aliphatic heterocycles. The lowest BCUT2D eigenvalue weighted by Crippen LogP contribution is -2.47. The standard InChI is InChI=1S/C42H66ClFN4O6Si3/c1-41(2,3)56(10,11)52-18-14-15-27-21-28-16-17-31(35(28)30(44)22-27)45-38-29(43)23-32-39(47-38)48(26-49-19-20-55(7,8)9)40(46-32)53-33-24-50-37-34(25-51-36(33)37)54-57(12,13)42(4,5)6/h14-15,21-23,31,33-34,36-37H,16-20,24-26H2,1-13H3,(H,45,47)/b15-14+/t31-,33+,34?,36+,37+/m0/s1. The fourth-order valence-electron chi connectivity index (χ4n) is 6.97. The Kier molecular flexibility index (Phi) is 13.0. The molecule has 15 heteroatoms. The molecule has 1 unspecified atom stereocenters. The van der Waals surface area contributed by atoms with Crippen molar-refractivity contribution in [2.75, 3.05) is 31.7 Å². The largest absolute Gasteiger partial charge is 0.456 e. The number of ether oxygens (including phenoxy) is 4. The van der Waals surface area contributed by atoms with Crippen LogP contribution in [0.25, 0.3) is 17.2 Å². The summed E-state index contributed by atoms with van der Waals surface area (Å²) in [6, 6.07) is 6.54. The molecule has 5 atom stereocenters. The highest BCUT2D eigenvalue weighted by Crippen LogP contribution is 2.42. The molecule has 4 heterocycles. The van der Waals surface area contributed by atoms with Crippen LogP contribution in [0, 0.1) is 5.82 Å². The molecule has 57 heavy (non-hydrogen) atoms. The van der Waals surface area contributed by atoms with Crippen molar-refractivity contribution in [3.63, 3.8) is 0 Å². The van der Waals surface area contributed by atoms with Gasteiger partial charge in [-0.15, -0.1) is 0 Å². The van der Waals surface area contributed by atoms with Gasteiger partial charge >= 0.3 is 6.01 Å². The van der Waals surface area contributed by atoms with E-state index in [1.807, 2.05) is 16.7 Å². The molecule has 1 aliphatic carbocycles. The number of rotatable bonds is 15. The maximum absolute atomic E-state index is 15.9. The van der Waals surface area contributed by atoms with Gasteiger partial charge in [0, 0.05) is 20.2 Å². The van der Waals surface area contributed by atoms with Crippen molar-refractivity contribution in [2.45, 2.75) is 154 Å². The zero-order valence-corrected chi connectivity index (χ0v) is 40.2. The highest BCUT2D eigenvalue weighted by Gasteiger charge is 2.52. The smallest absolute Gasteiger partial charge is 0.301 e. The molecule has 6 rings (SSSR count). The van der Waals surface area contributed by atoms with Gasteiger partial charge in [-0.1, -0.05) is 91.0 Å². The summed E-state index contributed by atoms with van der Waals surface area (Å²) in [5.41, 5.74) is 3.59. The molecule has 0 bridgehead atoms. The first-order valence-electron chi connectivity index (χ1n) is 20.6. The number of hydrogen-bond acceptors (Lipinski definition) is 9. The van der Waals surface area contributed by atoms with Crippen LogP contribution in [0.1, 0.15) is 70.7 Å². The molecule has 2 aromatic heterocycles. The maximum atomic E-state index is 15.9. The minimum atomic E-state index is -2.04. The zero-order chi connectivity index (χ0) is 41.7. The van der Waals surface area contributed by atoms with Crippen LogP contribution in [0.2, 0.25) is 67.0 Å². The summed E-state index contributed by atoms with van der Waals surface area (Å²) >= 11 is 6.88. The summed E-state index contributed by atoms with van der Waals surface area (Å²) in [5, 5.41) is 4.07. The zero-order valence-electron chi connectivity index (χ0n) is 36.5. The summed E-state index contributed by atoms with van der Waals surface area (Å²) in [4.78, 5) is 9.86. The molecule has 0 saturated carbocycles. The lowest BCUT2D eigenvalue weighted by molar-refractivity contribution is 0.00687. The van der Waals surface area contributed by atoms with E-state index in [-0.39, 0.29) is 47.0 Å². The summed E-state index contributed by atoms with van der Waals surface area (Å²) in [6.07, 6.45) is 4.33. The molecule has 2 fully saturated rings. The number of pyridine rings is 1. The van der Waals surface area contributed by atoms with E-state index in [4.69, 9.17) is 49.4 Å². The third-order valence-electron chi connectivity index (χ3n) is 12.6. The molecule has 3 aliphatic rings. The molecule has 1 N–H and O–H groups in total. The van der Waals surface area contributed by atoms with E-state index in [9.17, 15) is 0 Å². The summed E-state index contributed by atoms with van der Waals surface area (Å²) in [6.45, 7) is 31.4. The van der Waals surface area contributed by atoms with E-state index in [0.717, 1.165) is 23.6 Å². The van der Waals surface area contributed by atoms with Crippen LogP contribution in [0.5, 0.6) is 6.01 Å². The van der Waals surface area contributed by atoms with Crippen LogP contribution < -0.4 is 10.1 Å². The summed E-state index contributed by atoms with van der Waals surface area (Å²) < 4.78 is 56.2. The number of fused-ring (bicyclic) bond motifs is 3. The van der Waals surface area contributed by atoms with E-state index < -0.39 is 30.8 Å². The minimum absolute atomic E-state index is 0.0684. The van der Waals surface area contributed by atoms with E-state index in [1.165, 1.54) is 0 Å². The Hall–Kier alpha value is -2.15. The third kappa shape index (κ3) is 10.1. The Morgan fingerprint density at radius 1 is 0.930 bits per heavy atom. The molecule has 0 radical (unpaired) electrons. The number of nitrogens with one attached hydrogen (secondary N) is 1. The van der Waals surface area contributed by atoms with E-state index in [0.29, 0.717) is 66.4 Å². The third-order valence-corrected chi connectivity index (χ3v) is 23.6. The second-order valence-electron chi connectivity index (χ2n) is 20.3. The van der Waals surface area contributed by atoms with Gasteiger partial charge in [0.05, 0.1) is 37.0 Å². The lowest BCUT2D eigenvalue weighted by Gasteiger charge is -2.39. The SMILES string of the molecule is CC(C)(C)[Si](C)(C)OC/C=C/c1cc(F)c2c(c1)CC[C@@H]2Nc1nc2c(cc1Cl)nc(O[C@@H]1CO[C@@H]3C(O[Si](C)(C)C(C)(C)C)CO[C@@H]31)n2COCC[Si](C)(C)C. The van der Waals surface area contributed by atoms with Gasteiger partial charge in [-0.3, -0.25) is 4.57 Å². The number of hydrogen-bond donors (Lipinski definition) is 1. The lowest BCUT2D eigenvalue weighted by atomic mass is 10.0. The number of aromatic nitrogens is 3. The first kappa shape index (κ1) is 44.4. The maximum Gasteiger partial charge on any atom is 0.301 e. The Morgan fingerprint density at radius 3 is 2.26 bits per heavy atom. The van der Waals surface area contributed by atoms with Gasteiger partial charge in [-0.25, -0.2) is 9.37 Å². The van der Waals surface area contributed by atoms with Crippen molar-refractivity contribution in [1.82, 2.24) is 14.5 Å². The van der Waals surface area contributed by atoms with Gasteiger partial charge in [0.15, 0.2) is 28.4 Å². The van der Waals surface area contributed by atoms with Gasteiger partial charge in [0.2, 0.25) is 0 Å². The molecule has 0 spiro atoms. The first-order chi connectivity index (χ1) is 26.4. The highest BCUT2D eigenvalue weighted by molar-refractivity contribution is 6.76. The predicted molar refractivity (Wildman–Crippen MR) is 236 cm³/mol. The monoisotopic (exact) mass is 860 g/mol. The number of nitrogens with zero attached hydrogens (tertiary/aromatic N) is 3. The van der Waals surface area contributed by atoms with Crippen LogP contribution in [0.3, 0.4) is 0 Å². The van der Waals surface area contributed by atoms with Gasteiger partial charge in [0.25, 0.3) is 0 Å². The van der Waals surface area contributed by atoms with Crippen molar-refractivity contribution in [3.8, 4) is 6.01 Å². The molecular formula is C42H66ClFN4O6Si3. The predicted octanol–water partition coefficient (Wildman–Crippen LogP) is 10.6. The molecule has 0 amide bonds. The second kappa shape index (κ2) is 16.7. The van der Waals surface area contributed by atoms with Crippen molar-refractivity contribution in [3.05, 3.63) is 51.8 Å². The van der Waals surface area contributed by atoms with Crippen LogP contribution >= 0.6 is 11.6 Å². The molecule has 1 aromatic carbocycles. The van der Waals surface area contributed by atoms with Crippen molar-refractivity contribution < 1.29 is 32.2 Å². The average Bonchev–Trinajstić information content (AvgIpc) is 3.85. The first-order valence-corrected chi connectivity index (χ1v) is 30.5. The molecule has 316 valence electrons. The number of benzene rings is 1. The van der Waals surface area contributed by atoms with Gasteiger partial charge in [-0.2, -0.15) is 4.98 Å². The van der Waals surface area contributed by atoms with Crippen LogP contribution in [-0.2, 0) is 36.2 Å².